The molecule has 4 rings (SSSR count). The fourth-order valence-corrected chi connectivity index (χ4v) is 4.76. The van der Waals surface area contributed by atoms with Crippen molar-refractivity contribution in [3.8, 4) is 11.8 Å². The molecular formula is C18H20N6OS2. The molecule has 0 bridgehead atoms. The molecule has 0 radical (unpaired) electrons. The smallest absolute Gasteiger partial charge is 0.280 e. The van der Waals surface area contributed by atoms with E-state index in [1.54, 1.807) is 29.9 Å². The number of thiophene rings is 1. The second-order valence-corrected chi connectivity index (χ2v) is 8.34. The SMILES string of the molecule is CC#CCn1c(N2CCNCC2)nc2nc(Sc3cccs3)n(C)c(=O)c21. The van der Waals surface area contributed by atoms with Crippen LogP contribution in [0.5, 0.6) is 0 Å². The lowest BCUT2D eigenvalue weighted by molar-refractivity contribution is 0.573. The van der Waals surface area contributed by atoms with Crippen LogP contribution in [0, 0.1) is 11.8 Å². The van der Waals surface area contributed by atoms with E-state index in [1.165, 1.54) is 11.8 Å². The van der Waals surface area contributed by atoms with E-state index in [0.717, 1.165) is 36.3 Å². The predicted molar refractivity (Wildman–Crippen MR) is 110 cm³/mol. The van der Waals surface area contributed by atoms with Gasteiger partial charge in [0.05, 0.1) is 10.8 Å². The molecule has 9 heteroatoms. The molecule has 1 N–H and O–H groups in total. The van der Waals surface area contributed by atoms with Crippen LogP contribution in [0.1, 0.15) is 6.92 Å². The van der Waals surface area contributed by atoms with E-state index < -0.39 is 0 Å². The minimum atomic E-state index is -0.0918. The summed E-state index contributed by atoms with van der Waals surface area (Å²) in [5.41, 5.74) is 0.916. The Hall–Kier alpha value is -2.28. The van der Waals surface area contributed by atoms with Gasteiger partial charge < -0.3 is 10.2 Å². The van der Waals surface area contributed by atoms with Crippen LogP contribution in [0.2, 0.25) is 0 Å². The van der Waals surface area contributed by atoms with Gasteiger partial charge in [0.1, 0.15) is 0 Å². The molecule has 7 nitrogen and oxygen atoms in total. The third-order valence-electron chi connectivity index (χ3n) is 4.43. The van der Waals surface area contributed by atoms with Crippen LogP contribution in [-0.4, -0.2) is 45.3 Å². The summed E-state index contributed by atoms with van der Waals surface area (Å²) in [6.45, 7) is 5.72. The van der Waals surface area contributed by atoms with Gasteiger partial charge in [-0.15, -0.1) is 17.3 Å². The van der Waals surface area contributed by atoms with Gasteiger partial charge in [0, 0.05) is 33.2 Å². The third kappa shape index (κ3) is 3.48. The molecule has 3 aromatic rings. The van der Waals surface area contributed by atoms with Crippen LogP contribution in [0.4, 0.5) is 5.95 Å². The van der Waals surface area contributed by atoms with Crippen molar-refractivity contribution in [2.24, 2.45) is 7.05 Å². The van der Waals surface area contributed by atoms with E-state index in [9.17, 15) is 4.79 Å². The topological polar surface area (TPSA) is 68.0 Å². The number of aromatic nitrogens is 4. The van der Waals surface area contributed by atoms with Crippen molar-refractivity contribution in [3.05, 3.63) is 27.9 Å². The summed E-state index contributed by atoms with van der Waals surface area (Å²) >= 11 is 3.12. The van der Waals surface area contributed by atoms with Crippen LogP contribution in [0.25, 0.3) is 11.2 Å². The lowest BCUT2D eigenvalue weighted by atomic mass is 10.4. The fraction of sp³-hybridized carbons (Fsp3) is 0.389. The Morgan fingerprint density at radius 1 is 1.33 bits per heavy atom. The van der Waals surface area contributed by atoms with Gasteiger partial charge in [-0.3, -0.25) is 13.9 Å². The molecule has 1 aliphatic rings. The number of fused-ring (bicyclic) bond motifs is 1. The monoisotopic (exact) mass is 400 g/mol. The van der Waals surface area contributed by atoms with Crippen LogP contribution in [0.3, 0.4) is 0 Å². The number of hydrogen-bond acceptors (Lipinski definition) is 7. The number of nitrogens with zero attached hydrogens (tertiary/aromatic N) is 5. The van der Waals surface area contributed by atoms with Gasteiger partial charge in [0.15, 0.2) is 16.3 Å². The first-order valence-electron chi connectivity index (χ1n) is 8.73. The number of rotatable bonds is 4. The summed E-state index contributed by atoms with van der Waals surface area (Å²) in [4.78, 5) is 24.8. The number of piperazine rings is 1. The Labute approximate surface area is 165 Å². The van der Waals surface area contributed by atoms with Gasteiger partial charge in [-0.05, 0) is 30.1 Å². The molecule has 1 fully saturated rings. The van der Waals surface area contributed by atoms with E-state index in [2.05, 4.69) is 22.1 Å². The standard InChI is InChI=1S/C18H20N6OS2/c1-3-4-9-24-14-15(20-17(24)23-10-7-19-8-11-23)21-18(22(2)16(14)25)27-13-6-5-12-26-13/h5-6,12,19H,7-11H2,1-2H3. The van der Waals surface area contributed by atoms with Crippen LogP contribution < -0.4 is 15.8 Å². The molecule has 0 spiro atoms. The Kier molecular flexibility index (Phi) is 5.20. The molecule has 3 aromatic heterocycles. The van der Waals surface area contributed by atoms with Gasteiger partial charge in [-0.2, -0.15) is 4.98 Å². The second kappa shape index (κ2) is 7.76. The van der Waals surface area contributed by atoms with E-state index in [-0.39, 0.29) is 5.56 Å². The van der Waals surface area contributed by atoms with Crippen molar-refractivity contribution < 1.29 is 0 Å². The fourth-order valence-electron chi connectivity index (χ4n) is 3.05. The summed E-state index contributed by atoms with van der Waals surface area (Å²) in [6.07, 6.45) is 0. The Morgan fingerprint density at radius 2 is 2.15 bits per heavy atom. The average molecular weight is 401 g/mol. The second-order valence-electron chi connectivity index (χ2n) is 6.13. The molecule has 0 atom stereocenters. The summed E-state index contributed by atoms with van der Waals surface area (Å²) < 4.78 is 4.60. The summed E-state index contributed by atoms with van der Waals surface area (Å²) in [5.74, 6) is 6.76. The molecular weight excluding hydrogens is 380 g/mol. The normalized spacial score (nSPS) is 14.4. The summed E-state index contributed by atoms with van der Waals surface area (Å²) in [6, 6.07) is 4.01. The first-order valence-corrected chi connectivity index (χ1v) is 10.4. The zero-order valence-corrected chi connectivity index (χ0v) is 16.9. The maximum atomic E-state index is 13.1. The molecule has 0 aliphatic carbocycles. The van der Waals surface area contributed by atoms with Gasteiger partial charge in [-0.1, -0.05) is 12.0 Å². The van der Waals surface area contributed by atoms with Crippen LogP contribution in [0.15, 0.2) is 31.7 Å². The van der Waals surface area contributed by atoms with Crippen molar-refractivity contribution in [2.75, 3.05) is 31.1 Å². The van der Waals surface area contributed by atoms with E-state index in [4.69, 9.17) is 9.97 Å². The van der Waals surface area contributed by atoms with Crippen LogP contribution >= 0.6 is 23.1 Å². The Morgan fingerprint density at radius 3 is 2.85 bits per heavy atom. The first kappa shape index (κ1) is 18.1. The molecule has 4 heterocycles. The highest BCUT2D eigenvalue weighted by Gasteiger charge is 2.23. The molecule has 1 aliphatic heterocycles. The lowest BCUT2D eigenvalue weighted by Crippen LogP contribution is -2.44. The van der Waals surface area contributed by atoms with E-state index in [0.29, 0.717) is 22.9 Å². The van der Waals surface area contributed by atoms with Crippen molar-refractivity contribution in [3.63, 3.8) is 0 Å². The maximum absolute atomic E-state index is 13.1. The predicted octanol–water partition coefficient (Wildman–Crippen LogP) is 1.78. The van der Waals surface area contributed by atoms with Gasteiger partial charge in [0.2, 0.25) is 5.95 Å². The molecule has 0 amide bonds. The van der Waals surface area contributed by atoms with Crippen molar-refractivity contribution in [2.45, 2.75) is 22.8 Å². The maximum Gasteiger partial charge on any atom is 0.280 e. The minimum absolute atomic E-state index is 0.0918. The van der Waals surface area contributed by atoms with Crippen molar-refractivity contribution in [1.29, 1.82) is 0 Å². The van der Waals surface area contributed by atoms with E-state index in [1.807, 2.05) is 22.1 Å². The quantitative estimate of drug-likeness (QED) is 0.532. The van der Waals surface area contributed by atoms with Crippen molar-refractivity contribution in [1.82, 2.24) is 24.4 Å². The molecule has 1 saturated heterocycles. The Balaban J connectivity index is 1.86. The molecule has 0 unspecified atom stereocenters. The molecule has 140 valence electrons. The number of imidazole rings is 1. The number of anilines is 1. The highest BCUT2D eigenvalue weighted by Crippen LogP contribution is 2.30. The summed E-state index contributed by atoms with van der Waals surface area (Å²) in [7, 11) is 1.76. The highest BCUT2D eigenvalue weighted by atomic mass is 32.2. The number of hydrogen-bond donors (Lipinski definition) is 1. The van der Waals surface area contributed by atoms with Gasteiger partial charge in [-0.25, -0.2) is 4.98 Å². The van der Waals surface area contributed by atoms with Gasteiger partial charge in [0.25, 0.3) is 5.56 Å². The van der Waals surface area contributed by atoms with Crippen LogP contribution in [-0.2, 0) is 13.6 Å². The average Bonchev–Trinajstić information content (AvgIpc) is 3.32. The molecule has 0 saturated carbocycles. The third-order valence-corrected chi connectivity index (χ3v) is 6.51. The lowest BCUT2D eigenvalue weighted by Gasteiger charge is -2.28. The zero-order valence-electron chi connectivity index (χ0n) is 15.2. The largest absolute Gasteiger partial charge is 0.340 e. The molecule has 0 aromatic carbocycles. The highest BCUT2D eigenvalue weighted by molar-refractivity contribution is 8.01. The number of nitrogens with one attached hydrogen (secondary N) is 1. The van der Waals surface area contributed by atoms with E-state index >= 15 is 0 Å². The molecule has 27 heavy (non-hydrogen) atoms. The zero-order chi connectivity index (χ0) is 18.8. The summed E-state index contributed by atoms with van der Waals surface area (Å²) in [5, 5.41) is 6.00. The van der Waals surface area contributed by atoms with Crippen molar-refractivity contribution >= 4 is 40.2 Å². The Bertz CT molecular complexity index is 1070. The first-order chi connectivity index (χ1) is 13.2. The minimum Gasteiger partial charge on any atom is -0.340 e. The van der Waals surface area contributed by atoms with Gasteiger partial charge >= 0.3 is 0 Å².